The molecular formula is C18H30N2OS. The Morgan fingerprint density at radius 1 is 1.14 bits per heavy atom. The van der Waals surface area contributed by atoms with E-state index < -0.39 is 0 Å². The molecule has 1 saturated heterocycles. The summed E-state index contributed by atoms with van der Waals surface area (Å²) < 4.78 is 0. The van der Waals surface area contributed by atoms with Gasteiger partial charge in [0.25, 0.3) is 0 Å². The summed E-state index contributed by atoms with van der Waals surface area (Å²) in [5, 5.41) is 5.15. The summed E-state index contributed by atoms with van der Waals surface area (Å²) >= 11 is 1.78. The maximum atomic E-state index is 11.7. The van der Waals surface area contributed by atoms with E-state index in [4.69, 9.17) is 0 Å². The van der Waals surface area contributed by atoms with Gasteiger partial charge in [0.1, 0.15) is 0 Å². The second-order valence-electron chi connectivity index (χ2n) is 6.25. The second-order valence-corrected chi connectivity index (χ2v) is 7.28. The van der Waals surface area contributed by atoms with Gasteiger partial charge in [0, 0.05) is 17.8 Å². The Labute approximate surface area is 139 Å². The van der Waals surface area contributed by atoms with Gasteiger partial charge in [-0.1, -0.05) is 18.9 Å². The fourth-order valence-corrected chi connectivity index (χ4v) is 3.77. The minimum atomic E-state index is 0.215. The Morgan fingerprint density at radius 3 is 2.77 bits per heavy atom. The van der Waals surface area contributed by atoms with Crippen molar-refractivity contribution in [2.24, 2.45) is 0 Å². The molecule has 22 heavy (non-hydrogen) atoms. The number of hydrogen-bond donors (Lipinski definition) is 1. The van der Waals surface area contributed by atoms with Crippen molar-refractivity contribution in [3.8, 4) is 0 Å². The van der Waals surface area contributed by atoms with Gasteiger partial charge in [-0.3, -0.25) is 4.79 Å². The molecule has 0 atom stereocenters. The topological polar surface area (TPSA) is 32.3 Å². The molecule has 1 aliphatic rings. The van der Waals surface area contributed by atoms with Crippen molar-refractivity contribution in [3.63, 3.8) is 0 Å². The van der Waals surface area contributed by atoms with Crippen LogP contribution < -0.4 is 5.32 Å². The number of rotatable bonds is 10. The minimum absolute atomic E-state index is 0.215. The second kappa shape index (κ2) is 10.8. The van der Waals surface area contributed by atoms with Crippen LogP contribution in [0.25, 0.3) is 0 Å². The third-order valence-corrected chi connectivity index (χ3v) is 5.27. The van der Waals surface area contributed by atoms with Crippen molar-refractivity contribution in [3.05, 3.63) is 22.4 Å². The first kappa shape index (κ1) is 17.5. The third-order valence-electron chi connectivity index (χ3n) is 4.33. The molecule has 0 aliphatic carbocycles. The molecule has 1 aromatic rings. The van der Waals surface area contributed by atoms with Crippen molar-refractivity contribution < 1.29 is 4.79 Å². The summed E-state index contributed by atoms with van der Waals surface area (Å²) in [6, 6.07) is 4.22. The van der Waals surface area contributed by atoms with E-state index in [2.05, 4.69) is 27.7 Å². The zero-order chi connectivity index (χ0) is 15.5. The predicted molar refractivity (Wildman–Crippen MR) is 94.4 cm³/mol. The fraction of sp³-hybridized carbons (Fsp3) is 0.722. The normalized spacial score (nSPS) is 15.8. The van der Waals surface area contributed by atoms with Gasteiger partial charge in [0.15, 0.2) is 0 Å². The number of likely N-dealkylation sites (tertiary alicyclic amines) is 1. The van der Waals surface area contributed by atoms with Gasteiger partial charge >= 0.3 is 0 Å². The van der Waals surface area contributed by atoms with Gasteiger partial charge in [-0.25, -0.2) is 0 Å². The molecule has 1 aliphatic heterocycles. The molecule has 1 N–H and O–H groups in total. The molecule has 124 valence electrons. The average molecular weight is 323 g/mol. The maximum Gasteiger partial charge on any atom is 0.220 e. The van der Waals surface area contributed by atoms with E-state index in [1.54, 1.807) is 11.3 Å². The summed E-state index contributed by atoms with van der Waals surface area (Å²) in [5.74, 6) is 0.215. The van der Waals surface area contributed by atoms with E-state index in [1.165, 1.54) is 56.6 Å². The number of piperidine rings is 1. The van der Waals surface area contributed by atoms with Crippen molar-refractivity contribution in [1.29, 1.82) is 0 Å². The van der Waals surface area contributed by atoms with Gasteiger partial charge in [0.05, 0.1) is 0 Å². The van der Waals surface area contributed by atoms with E-state index in [0.29, 0.717) is 6.42 Å². The van der Waals surface area contributed by atoms with E-state index in [1.807, 2.05) is 0 Å². The highest BCUT2D eigenvalue weighted by molar-refractivity contribution is 7.09. The quantitative estimate of drug-likeness (QED) is 0.664. The molecule has 1 fully saturated rings. The Hall–Kier alpha value is -0.870. The number of nitrogens with zero attached hydrogens (tertiary/aromatic N) is 1. The number of thiophene rings is 1. The highest BCUT2D eigenvalue weighted by atomic mass is 32.1. The molecule has 4 heteroatoms. The highest BCUT2D eigenvalue weighted by Crippen LogP contribution is 2.12. The van der Waals surface area contributed by atoms with Crippen LogP contribution in [0, 0.1) is 0 Å². The SMILES string of the molecule is O=C(CCCc1cccs1)NCCCCCN1CCCCC1. The van der Waals surface area contributed by atoms with Crippen LogP contribution in [0.5, 0.6) is 0 Å². The fourth-order valence-electron chi connectivity index (χ4n) is 3.01. The number of aryl methyl sites for hydroxylation is 1. The van der Waals surface area contributed by atoms with E-state index in [0.717, 1.165) is 25.8 Å². The van der Waals surface area contributed by atoms with Crippen molar-refractivity contribution >= 4 is 17.2 Å². The van der Waals surface area contributed by atoms with Crippen molar-refractivity contribution in [2.75, 3.05) is 26.2 Å². The zero-order valence-corrected chi connectivity index (χ0v) is 14.5. The van der Waals surface area contributed by atoms with Crippen LogP contribution in [0.15, 0.2) is 17.5 Å². The molecule has 2 rings (SSSR count). The molecule has 0 bridgehead atoms. The minimum Gasteiger partial charge on any atom is -0.356 e. The summed E-state index contributed by atoms with van der Waals surface area (Å²) in [7, 11) is 0. The summed E-state index contributed by atoms with van der Waals surface area (Å²) in [4.78, 5) is 15.7. The largest absolute Gasteiger partial charge is 0.356 e. The van der Waals surface area contributed by atoms with E-state index in [-0.39, 0.29) is 5.91 Å². The van der Waals surface area contributed by atoms with Gasteiger partial charge < -0.3 is 10.2 Å². The molecule has 1 aromatic heterocycles. The van der Waals surface area contributed by atoms with Gasteiger partial charge in [-0.2, -0.15) is 0 Å². The average Bonchev–Trinajstić information content (AvgIpc) is 3.05. The Balaban J connectivity index is 1.38. The molecular weight excluding hydrogens is 292 g/mol. The van der Waals surface area contributed by atoms with Crippen LogP contribution in [0.4, 0.5) is 0 Å². The molecule has 0 unspecified atom stereocenters. The number of carbonyl (C=O) groups excluding carboxylic acids is 1. The van der Waals surface area contributed by atoms with Gasteiger partial charge in [-0.05, 0) is 69.6 Å². The first-order valence-corrected chi connectivity index (χ1v) is 9.74. The Bertz CT molecular complexity index is 399. The molecule has 2 heterocycles. The molecule has 1 amide bonds. The van der Waals surface area contributed by atoms with Crippen LogP contribution in [-0.2, 0) is 11.2 Å². The monoisotopic (exact) mass is 322 g/mol. The molecule has 0 aromatic carbocycles. The smallest absolute Gasteiger partial charge is 0.220 e. The van der Waals surface area contributed by atoms with Crippen LogP contribution in [0.3, 0.4) is 0 Å². The van der Waals surface area contributed by atoms with Crippen molar-refractivity contribution in [1.82, 2.24) is 10.2 Å². The zero-order valence-electron chi connectivity index (χ0n) is 13.7. The Kier molecular flexibility index (Phi) is 8.57. The number of carbonyl (C=O) groups is 1. The summed E-state index contributed by atoms with van der Waals surface area (Å²) in [6.45, 7) is 4.68. The van der Waals surface area contributed by atoms with E-state index in [9.17, 15) is 4.79 Å². The number of unbranched alkanes of at least 4 members (excludes halogenated alkanes) is 2. The van der Waals surface area contributed by atoms with Gasteiger partial charge in [-0.15, -0.1) is 11.3 Å². The number of nitrogens with one attached hydrogen (secondary N) is 1. The van der Waals surface area contributed by atoms with Crippen LogP contribution in [0.2, 0.25) is 0 Å². The standard InChI is InChI=1S/C18H30N2OS/c21-18(11-7-9-17-10-8-16-22-17)19-12-3-1-4-13-20-14-5-2-6-15-20/h8,10,16H,1-7,9,11-15H2,(H,19,21). The molecule has 0 saturated carbocycles. The lowest BCUT2D eigenvalue weighted by atomic mass is 10.1. The third kappa shape index (κ3) is 7.41. The lowest BCUT2D eigenvalue weighted by molar-refractivity contribution is -0.121. The molecule has 0 spiro atoms. The van der Waals surface area contributed by atoms with Crippen LogP contribution in [0.1, 0.15) is 56.2 Å². The van der Waals surface area contributed by atoms with Gasteiger partial charge in [0.2, 0.25) is 5.91 Å². The van der Waals surface area contributed by atoms with Crippen LogP contribution >= 0.6 is 11.3 Å². The number of hydrogen-bond acceptors (Lipinski definition) is 3. The molecule has 3 nitrogen and oxygen atoms in total. The Morgan fingerprint density at radius 2 is 2.00 bits per heavy atom. The van der Waals surface area contributed by atoms with Crippen LogP contribution in [-0.4, -0.2) is 37.0 Å². The number of amides is 1. The molecule has 0 radical (unpaired) electrons. The highest BCUT2D eigenvalue weighted by Gasteiger charge is 2.08. The summed E-state index contributed by atoms with van der Waals surface area (Å²) in [6.07, 6.45) is 10.4. The summed E-state index contributed by atoms with van der Waals surface area (Å²) in [5.41, 5.74) is 0. The maximum absolute atomic E-state index is 11.7. The first-order chi connectivity index (χ1) is 10.8. The van der Waals surface area contributed by atoms with Crippen molar-refractivity contribution in [2.45, 2.75) is 57.8 Å². The lowest BCUT2D eigenvalue weighted by Crippen LogP contribution is -2.30. The first-order valence-electron chi connectivity index (χ1n) is 8.86. The lowest BCUT2D eigenvalue weighted by Gasteiger charge is -2.26. The predicted octanol–water partition coefficient (Wildman–Crippen LogP) is 3.84. The van der Waals surface area contributed by atoms with E-state index >= 15 is 0 Å².